The number of amides is 1. The van der Waals surface area contributed by atoms with Gasteiger partial charge in [0.05, 0.1) is 16.8 Å². The van der Waals surface area contributed by atoms with E-state index in [0.717, 1.165) is 11.3 Å². The molecule has 0 atom stereocenters. The molecule has 1 aromatic carbocycles. The predicted octanol–water partition coefficient (Wildman–Crippen LogP) is 4.76. The molecular weight excluding hydrogens is 371 g/mol. The first-order chi connectivity index (χ1) is 12.6. The molecule has 0 fully saturated rings. The van der Waals surface area contributed by atoms with Gasteiger partial charge in [-0.1, -0.05) is 6.07 Å². The summed E-state index contributed by atoms with van der Waals surface area (Å²) in [5.74, 6) is 0.803. The molecule has 0 aliphatic rings. The fourth-order valence-electron chi connectivity index (χ4n) is 2.48. The van der Waals surface area contributed by atoms with Crippen molar-refractivity contribution in [2.45, 2.75) is 6.92 Å². The molecule has 0 aliphatic carbocycles. The van der Waals surface area contributed by atoms with Gasteiger partial charge in [0.1, 0.15) is 17.5 Å². The molecule has 5 nitrogen and oxygen atoms in total. The first-order valence-electron chi connectivity index (χ1n) is 7.73. The van der Waals surface area contributed by atoms with Crippen molar-refractivity contribution in [2.75, 3.05) is 5.32 Å². The van der Waals surface area contributed by atoms with Gasteiger partial charge < -0.3 is 5.32 Å². The van der Waals surface area contributed by atoms with E-state index in [1.54, 1.807) is 29.0 Å². The zero-order valence-corrected chi connectivity index (χ0v) is 15.3. The van der Waals surface area contributed by atoms with E-state index in [1.807, 2.05) is 23.8 Å². The summed E-state index contributed by atoms with van der Waals surface area (Å²) in [7, 11) is 0. The highest BCUT2D eigenvalue weighted by molar-refractivity contribution is 7.12. The second-order valence-corrected chi connectivity index (χ2v) is 7.26. The minimum absolute atomic E-state index is 0.184. The second-order valence-electron chi connectivity index (χ2n) is 5.48. The van der Waals surface area contributed by atoms with Gasteiger partial charge >= 0.3 is 0 Å². The summed E-state index contributed by atoms with van der Waals surface area (Å²) < 4.78 is 14.9. The monoisotopic (exact) mass is 384 g/mol. The number of nitrogens with one attached hydrogen (secondary N) is 1. The summed E-state index contributed by atoms with van der Waals surface area (Å²) >= 11 is 2.80. The molecule has 0 saturated carbocycles. The van der Waals surface area contributed by atoms with Crippen LogP contribution in [-0.4, -0.2) is 20.4 Å². The molecule has 4 rings (SSSR count). The summed E-state index contributed by atoms with van der Waals surface area (Å²) in [5, 5.41) is 7.31. The lowest BCUT2D eigenvalue weighted by Gasteiger charge is -2.07. The summed E-state index contributed by atoms with van der Waals surface area (Å²) in [6.07, 6.45) is 1.61. The van der Waals surface area contributed by atoms with E-state index in [-0.39, 0.29) is 11.7 Å². The van der Waals surface area contributed by atoms with Gasteiger partial charge in [-0.05, 0) is 42.6 Å². The van der Waals surface area contributed by atoms with Crippen molar-refractivity contribution in [3.63, 3.8) is 0 Å². The van der Waals surface area contributed by atoms with Crippen molar-refractivity contribution in [3.05, 3.63) is 69.9 Å². The standard InChI is InChI=1S/C18H13FN4OS2/c1-11-20-9-16(22-17(24)15-3-2-8-25-15)23(11)18-21-14(10-26-18)12-4-6-13(19)7-5-12/h2-10H,1H3,(H,22,24). The number of imidazole rings is 1. The number of carbonyl (C=O) groups is 1. The lowest BCUT2D eigenvalue weighted by Crippen LogP contribution is -2.13. The number of nitrogens with zero attached hydrogens (tertiary/aromatic N) is 3. The molecule has 1 amide bonds. The Morgan fingerprint density at radius 3 is 2.73 bits per heavy atom. The highest BCUT2D eigenvalue weighted by Crippen LogP contribution is 2.28. The highest BCUT2D eigenvalue weighted by Gasteiger charge is 2.16. The molecule has 0 bridgehead atoms. The molecule has 3 aromatic heterocycles. The van der Waals surface area contributed by atoms with Crippen molar-refractivity contribution in [3.8, 4) is 16.4 Å². The summed E-state index contributed by atoms with van der Waals surface area (Å²) in [4.78, 5) is 21.9. The van der Waals surface area contributed by atoms with Gasteiger partial charge in [0.2, 0.25) is 0 Å². The molecule has 0 saturated heterocycles. The third kappa shape index (κ3) is 3.16. The average molecular weight is 384 g/mol. The van der Waals surface area contributed by atoms with Crippen LogP contribution in [0, 0.1) is 12.7 Å². The molecule has 1 N–H and O–H groups in total. The van der Waals surface area contributed by atoms with Crippen molar-refractivity contribution < 1.29 is 9.18 Å². The Kier molecular flexibility index (Phi) is 4.36. The van der Waals surface area contributed by atoms with Crippen LogP contribution in [0.3, 0.4) is 0 Å². The summed E-state index contributed by atoms with van der Waals surface area (Å²) in [6, 6.07) is 9.79. The Labute approximate surface area is 156 Å². The SMILES string of the molecule is Cc1ncc(NC(=O)c2cccs2)n1-c1nc(-c2ccc(F)cc2)cs1. The van der Waals surface area contributed by atoms with Crippen molar-refractivity contribution in [2.24, 2.45) is 0 Å². The lowest BCUT2D eigenvalue weighted by molar-refractivity contribution is 0.103. The largest absolute Gasteiger partial charge is 0.306 e. The summed E-state index contributed by atoms with van der Waals surface area (Å²) in [6.45, 7) is 1.85. The predicted molar refractivity (Wildman–Crippen MR) is 102 cm³/mol. The van der Waals surface area contributed by atoms with Gasteiger partial charge in [0.25, 0.3) is 5.91 Å². The molecule has 26 heavy (non-hydrogen) atoms. The molecule has 0 radical (unpaired) electrons. The van der Waals surface area contributed by atoms with Crippen molar-refractivity contribution >= 4 is 34.4 Å². The van der Waals surface area contributed by atoms with Crippen molar-refractivity contribution in [1.82, 2.24) is 14.5 Å². The lowest BCUT2D eigenvalue weighted by atomic mass is 10.2. The number of carbonyl (C=O) groups excluding carboxylic acids is 1. The van der Waals surface area contributed by atoms with Crippen LogP contribution in [0.5, 0.6) is 0 Å². The third-order valence-electron chi connectivity index (χ3n) is 3.75. The minimum atomic E-state index is -0.284. The first kappa shape index (κ1) is 16.6. The molecule has 4 aromatic rings. The Morgan fingerprint density at radius 1 is 1.19 bits per heavy atom. The van der Waals surface area contributed by atoms with E-state index >= 15 is 0 Å². The molecule has 0 spiro atoms. The number of thiazole rings is 1. The zero-order chi connectivity index (χ0) is 18.1. The van der Waals surface area contributed by atoms with E-state index < -0.39 is 0 Å². The number of thiophene rings is 1. The van der Waals surface area contributed by atoms with Gasteiger partial charge in [-0.2, -0.15) is 0 Å². The smallest absolute Gasteiger partial charge is 0.266 e. The fourth-order valence-corrected chi connectivity index (χ4v) is 3.99. The number of anilines is 1. The Balaban J connectivity index is 1.65. The number of hydrogen-bond acceptors (Lipinski definition) is 5. The first-order valence-corrected chi connectivity index (χ1v) is 9.49. The van der Waals surface area contributed by atoms with Crippen LogP contribution in [0.4, 0.5) is 10.2 Å². The number of aromatic nitrogens is 3. The van der Waals surface area contributed by atoms with Crippen LogP contribution < -0.4 is 5.32 Å². The molecule has 0 aliphatic heterocycles. The zero-order valence-electron chi connectivity index (χ0n) is 13.6. The van der Waals surface area contributed by atoms with Crippen LogP contribution in [-0.2, 0) is 0 Å². The van der Waals surface area contributed by atoms with Crippen LogP contribution in [0.15, 0.2) is 53.4 Å². The van der Waals surface area contributed by atoms with Gasteiger partial charge in [0.15, 0.2) is 5.13 Å². The molecule has 3 heterocycles. The molecule has 8 heteroatoms. The van der Waals surface area contributed by atoms with E-state index in [4.69, 9.17) is 0 Å². The molecular formula is C18H13FN4OS2. The van der Waals surface area contributed by atoms with E-state index in [1.165, 1.54) is 34.8 Å². The Morgan fingerprint density at radius 2 is 2.00 bits per heavy atom. The van der Waals surface area contributed by atoms with E-state index in [9.17, 15) is 9.18 Å². The minimum Gasteiger partial charge on any atom is -0.306 e. The molecule has 130 valence electrons. The highest BCUT2D eigenvalue weighted by atomic mass is 32.1. The number of benzene rings is 1. The van der Waals surface area contributed by atoms with Crippen LogP contribution in [0.2, 0.25) is 0 Å². The van der Waals surface area contributed by atoms with E-state index in [2.05, 4.69) is 15.3 Å². The van der Waals surface area contributed by atoms with Gasteiger partial charge in [0, 0.05) is 10.9 Å². The van der Waals surface area contributed by atoms with E-state index in [0.29, 0.717) is 21.7 Å². The van der Waals surface area contributed by atoms with Crippen molar-refractivity contribution in [1.29, 1.82) is 0 Å². The van der Waals surface area contributed by atoms with Gasteiger partial charge in [-0.3, -0.25) is 9.36 Å². The van der Waals surface area contributed by atoms with Gasteiger partial charge in [-0.25, -0.2) is 14.4 Å². The van der Waals surface area contributed by atoms with Crippen LogP contribution >= 0.6 is 22.7 Å². The maximum absolute atomic E-state index is 13.1. The number of hydrogen-bond donors (Lipinski definition) is 1. The quantitative estimate of drug-likeness (QED) is 0.552. The fraction of sp³-hybridized carbons (Fsp3) is 0.0556. The number of halogens is 1. The maximum Gasteiger partial charge on any atom is 0.266 e. The van der Waals surface area contributed by atoms with Gasteiger partial charge in [-0.15, -0.1) is 22.7 Å². The topological polar surface area (TPSA) is 59.8 Å². The third-order valence-corrected chi connectivity index (χ3v) is 5.44. The second kappa shape index (κ2) is 6.81. The summed E-state index contributed by atoms with van der Waals surface area (Å²) in [5.41, 5.74) is 1.57. The Hall–Kier alpha value is -2.84. The maximum atomic E-state index is 13.1. The normalized spacial score (nSPS) is 10.8. The number of rotatable bonds is 4. The number of aryl methyl sites for hydroxylation is 1. The van der Waals surface area contributed by atoms with Crippen LogP contribution in [0.1, 0.15) is 15.5 Å². The average Bonchev–Trinajstić information content (AvgIpc) is 3.36. The molecule has 0 unspecified atom stereocenters. The van der Waals surface area contributed by atoms with Crippen LogP contribution in [0.25, 0.3) is 16.4 Å². The Bertz CT molecular complexity index is 1050.